The van der Waals surface area contributed by atoms with Crippen LogP contribution in [0.4, 0.5) is 0 Å². The Bertz CT molecular complexity index is 1050. The van der Waals surface area contributed by atoms with E-state index < -0.39 is 28.7 Å². The number of hydrogen-bond donors (Lipinski definition) is 1. The van der Waals surface area contributed by atoms with Crippen LogP contribution in [0.25, 0.3) is 0 Å². The van der Waals surface area contributed by atoms with E-state index in [0.717, 1.165) is 12.0 Å². The number of esters is 1. The van der Waals surface area contributed by atoms with Crippen LogP contribution in [0, 0.1) is 11.8 Å². The number of rotatable bonds is 13. The minimum Gasteiger partial charge on any atom is -0.465 e. The molecule has 38 heavy (non-hydrogen) atoms. The van der Waals surface area contributed by atoms with Crippen LogP contribution in [0.5, 0.6) is 0 Å². The Balaban J connectivity index is 1.71. The molecular formula is C29H37BrN2O5S. The highest BCUT2D eigenvalue weighted by molar-refractivity contribution is 9.09. The van der Waals surface area contributed by atoms with Crippen molar-refractivity contribution in [2.24, 2.45) is 11.8 Å². The number of unbranched alkanes of at least 4 members (excludes halogenated alkanes) is 1. The van der Waals surface area contributed by atoms with Crippen LogP contribution in [-0.2, 0) is 25.7 Å². The van der Waals surface area contributed by atoms with Gasteiger partial charge in [-0.1, -0.05) is 65.3 Å². The first-order chi connectivity index (χ1) is 18.3. The SMILES string of the molecule is C=CCCCOC(=O)[C@H]1[C@H]2C(=O)N([C@@H](CC)CO)C(C(=O)N(CC=C)Cc3ccccc3)C23CC(Br)[C@@H]1S3. The van der Waals surface area contributed by atoms with Crippen LogP contribution >= 0.6 is 27.7 Å². The largest absolute Gasteiger partial charge is 0.465 e. The molecule has 7 nitrogen and oxygen atoms in total. The highest BCUT2D eigenvalue weighted by atomic mass is 79.9. The lowest BCUT2D eigenvalue weighted by Crippen LogP contribution is -2.57. The summed E-state index contributed by atoms with van der Waals surface area (Å²) in [7, 11) is 0. The zero-order valence-corrected chi connectivity index (χ0v) is 24.2. The van der Waals surface area contributed by atoms with Gasteiger partial charge in [0, 0.05) is 23.2 Å². The van der Waals surface area contributed by atoms with E-state index in [2.05, 4.69) is 29.1 Å². The Morgan fingerprint density at radius 2 is 2.05 bits per heavy atom. The topological polar surface area (TPSA) is 87.1 Å². The second kappa shape index (κ2) is 12.4. The Morgan fingerprint density at radius 1 is 1.32 bits per heavy atom. The first kappa shape index (κ1) is 28.9. The lowest BCUT2D eigenvalue weighted by molar-refractivity contribution is -0.154. The average molecular weight is 606 g/mol. The molecule has 4 rings (SSSR count). The van der Waals surface area contributed by atoms with Crippen molar-refractivity contribution < 1.29 is 24.2 Å². The monoisotopic (exact) mass is 604 g/mol. The zero-order valence-electron chi connectivity index (χ0n) is 21.8. The number of likely N-dealkylation sites (tertiary alicyclic amines) is 1. The summed E-state index contributed by atoms with van der Waals surface area (Å²) in [5.74, 6) is -2.11. The summed E-state index contributed by atoms with van der Waals surface area (Å²) >= 11 is 5.36. The van der Waals surface area contributed by atoms with Crippen LogP contribution < -0.4 is 0 Å². The Morgan fingerprint density at radius 3 is 2.68 bits per heavy atom. The summed E-state index contributed by atoms with van der Waals surface area (Å²) in [4.78, 5) is 45.3. The van der Waals surface area contributed by atoms with Gasteiger partial charge in [-0.25, -0.2) is 0 Å². The zero-order chi connectivity index (χ0) is 27.4. The molecule has 3 unspecified atom stereocenters. The molecule has 3 saturated heterocycles. The van der Waals surface area contributed by atoms with Gasteiger partial charge in [-0.15, -0.1) is 24.9 Å². The number of alkyl halides is 1. The minimum atomic E-state index is -0.797. The molecule has 206 valence electrons. The maximum atomic E-state index is 14.4. The highest BCUT2D eigenvalue weighted by Crippen LogP contribution is 2.68. The van der Waals surface area contributed by atoms with Gasteiger partial charge in [0.2, 0.25) is 11.8 Å². The molecule has 7 atom stereocenters. The number of thioether (sulfide) groups is 1. The number of fused-ring (bicyclic) bond motifs is 1. The van der Waals surface area contributed by atoms with Crippen molar-refractivity contribution in [3.05, 3.63) is 61.2 Å². The van der Waals surface area contributed by atoms with Gasteiger partial charge in [0.05, 0.1) is 35.8 Å². The molecule has 1 N–H and O–H groups in total. The number of ether oxygens (including phenoxy) is 1. The summed E-state index contributed by atoms with van der Waals surface area (Å²) in [6, 6.07) is 8.41. The highest BCUT2D eigenvalue weighted by Gasteiger charge is 2.76. The fourth-order valence-electron chi connectivity index (χ4n) is 6.28. The number of amides is 2. The van der Waals surface area contributed by atoms with E-state index in [0.29, 0.717) is 32.4 Å². The molecule has 0 radical (unpaired) electrons. The quantitative estimate of drug-likeness (QED) is 0.159. The molecule has 9 heteroatoms. The number of hydrogen-bond acceptors (Lipinski definition) is 6. The summed E-state index contributed by atoms with van der Waals surface area (Å²) in [5, 5.41) is 10.1. The molecule has 3 heterocycles. The second-order valence-electron chi connectivity index (χ2n) is 10.2. The summed E-state index contributed by atoms with van der Waals surface area (Å²) in [5.41, 5.74) is 0.976. The van der Waals surface area contributed by atoms with Crippen molar-refractivity contribution in [2.75, 3.05) is 19.8 Å². The smallest absolute Gasteiger partial charge is 0.310 e. The third-order valence-electron chi connectivity index (χ3n) is 7.98. The van der Waals surface area contributed by atoms with Gasteiger partial charge in [-0.2, -0.15) is 0 Å². The lowest BCUT2D eigenvalue weighted by Gasteiger charge is -2.39. The number of allylic oxidation sites excluding steroid dienone is 1. The normalized spacial score (nSPS) is 30.1. The van der Waals surface area contributed by atoms with Gasteiger partial charge >= 0.3 is 5.97 Å². The second-order valence-corrected chi connectivity index (χ2v) is 13.0. The van der Waals surface area contributed by atoms with Crippen LogP contribution in [0.1, 0.15) is 38.2 Å². The Labute approximate surface area is 237 Å². The van der Waals surface area contributed by atoms with Gasteiger partial charge in [-0.3, -0.25) is 14.4 Å². The molecule has 3 aliphatic heterocycles. The van der Waals surface area contributed by atoms with Crippen molar-refractivity contribution >= 4 is 45.5 Å². The fourth-order valence-corrected chi connectivity index (χ4v) is 9.87. The van der Waals surface area contributed by atoms with E-state index >= 15 is 0 Å². The summed E-state index contributed by atoms with van der Waals surface area (Å²) in [6.07, 6.45) is 5.97. The van der Waals surface area contributed by atoms with Crippen molar-refractivity contribution in [3.8, 4) is 0 Å². The first-order valence-electron chi connectivity index (χ1n) is 13.3. The molecule has 0 aromatic heterocycles. The third kappa shape index (κ3) is 5.09. The molecular weight excluding hydrogens is 568 g/mol. The van der Waals surface area contributed by atoms with E-state index in [1.807, 2.05) is 37.3 Å². The Hall–Kier alpha value is -2.10. The minimum absolute atomic E-state index is 0.0336. The summed E-state index contributed by atoms with van der Waals surface area (Å²) in [6.45, 7) is 10.2. The molecule has 1 spiro atoms. The van der Waals surface area contributed by atoms with Crippen molar-refractivity contribution in [2.45, 2.75) is 66.1 Å². The number of benzene rings is 1. The number of nitrogens with zero attached hydrogens (tertiary/aromatic N) is 2. The van der Waals surface area contributed by atoms with E-state index in [4.69, 9.17) is 4.74 Å². The lowest BCUT2D eigenvalue weighted by atomic mass is 9.71. The van der Waals surface area contributed by atoms with E-state index in [1.165, 1.54) is 0 Å². The number of aliphatic hydroxyl groups excluding tert-OH is 1. The average Bonchev–Trinajstić information content (AvgIpc) is 3.51. The van der Waals surface area contributed by atoms with E-state index in [9.17, 15) is 19.5 Å². The molecule has 0 saturated carbocycles. The molecule has 2 amide bonds. The van der Waals surface area contributed by atoms with Crippen LogP contribution in [0.15, 0.2) is 55.6 Å². The van der Waals surface area contributed by atoms with Crippen LogP contribution in [0.3, 0.4) is 0 Å². The van der Waals surface area contributed by atoms with Gasteiger partial charge in [0.15, 0.2) is 0 Å². The number of carbonyl (C=O) groups is 3. The molecule has 1 aromatic carbocycles. The maximum absolute atomic E-state index is 14.4. The molecule has 0 aliphatic carbocycles. The number of carbonyl (C=O) groups excluding carboxylic acids is 3. The predicted molar refractivity (Wildman–Crippen MR) is 153 cm³/mol. The van der Waals surface area contributed by atoms with Gasteiger partial charge in [-0.05, 0) is 31.2 Å². The van der Waals surface area contributed by atoms with Crippen molar-refractivity contribution in [1.82, 2.24) is 9.80 Å². The summed E-state index contributed by atoms with van der Waals surface area (Å²) < 4.78 is 4.86. The number of aliphatic hydroxyl groups is 1. The Kier molecular flexibility index (Phi) is 9.42. The first-order valence-corrected chi connectivity index (χ1v) is 15.1. The van der Waals surface area contributed by atoms with Gasteiger partial charge in [0.25, 0.3) is 0 Å². The predicted octanol–water partition coefficient (Wildman–Crippen LogP) is 3.95. The van der Waals surface area contributed by atoms with Crippen LogP contribution in [-0.4, -0.2) is 79.4 Å². The molecule has 1 aromatic rings. The van der Waals surface area contributed by atoms with Crippen molar-refractivity contribution in [1.29, 1.82) is 0 Å². The molecule has 3 fully saturated rings. The number of halogens is 1. The van der Waals surface area contributed by atoms with Gasteiger partial charge in [0.1, 0.15) is 6.04 Å². The standard InChI is InChI=1S/C29H37BrN2O5S/c1-4-7-11-15-37-28(36)22-23-26(34)32(20(6-3)18-33)25(29(23)16-21(30)24(22)38-29)27(35)31(14-5-2)17-19-12-9-8-10-13-19/h4-5,8-10,12-13,20-25,33H,1-2,6-7,11,14-18H2,3H3/t20-,21?,22-,23-,24-,25?,29?/m0/s1. The van der Waals surface area contributed by atoms with Gasteiger partial charge < -0.3 is 19.6 Å². The fraction of sp³-hybridized carbons (Fsp3) is 0.552. The third-order valence-corrected chi connectivity index (χ3v) is 11.2. The van der Waals surface area contributed by atoms with E-state index in [1.54, 1.807) is 33.7 Å². The molecule has 3 aliphatic rings. The maximum Gasteiger partial charge on any atom is 0.310 e. The van der Waals surface area contributed by atoms with Crippen LogP contribution in [0.2, 0.25) is 0 Å². The van der Waals surface area contributed by atoms with E-state index in [-0.39, 0.29) is 41.1 Å². The van der Waals surface area contributed by atoms with Crippen molar-refractivity contribution in [3.63, 3.8) is 0 Å². The molecule has 2 bridgehead atoms.